The number of pyridine rings is 2. The van der Waals surface area contributed by atoms with Crippen LogP contribution in [-0.2, 0) is 16.1 Å². The average molecular weight is 583 g/mol. The molecular formula is C29H28F2N4O5S. The van der Waals surface area contributed by atoms with E-state index >= 15 is 0 Å². The van der Waals surface area contributed by atoms with Crippen LogP contribution in [-0.4, -0.2) is 57.6 Å². The molecule has 0 radical (unpaired) electrons. The first-order chi connectivity index (χ1) is 19.9. The number of aliphatic hydroxyl groups is 1. The lowest BCUT2D eigenvalue weighted by Gasteiger charge is -2.26. The summed E-state index contributed by atoms with van der Waals surface area (Å²) in [4.78, 5) is 33.5. The summed E-state index contributed by atoms with van der Waals surface area (Å²) in [5.41, 5.74) is -0.395. The minimum absolute atomic E-state index is 0.179. The zero-order valence-electron chi connectivity index (χ0n) is 22.0. The molecular weight excluding hydrogens is 554 g/mol. The number of hydrogen-bond donors (Lipinski definition) is 2. The Morgan fingerprint density at radius 1 is 1.12 bits per heavy atom. The van der Waals surface area contributed by atoms with E-state index in [1.807, 2.05) is 0 Å². The van der Waals surface area contributed by atoms with E-state index < -0.39 is 22.9 Å². The fourth-order valence-electron chi connectivity index (χ4n) is 5.24. The molecule has 2 atom stereocenters. The predicted molar refractivity (Wildman–Crippen MR) is 150 cm³/mol. The molecule has 0 aliphatic carbocycles. The number of anilines is 2. The molecule has 0 bridgehead atoms. The van der Waals surface area contributed by atoms with Crippen LogP contribution in [0.2, 0.25) is 0 Å². The molecule has 214 valence electrons. The van der Waals surface area contributed by atoms with Gasteiger partial charge >= 0.3 is 0 Å². The average Bonchev–Trinajstić information content (AvgIpc) is 3.59. The highest BCUT2D eigenvalue weighted by atomic mass is 32.1. The third-order valence-electron chi connectivity index (χ3n) is 7.23. The summed E-state index contributed by atoms with van der Waals surface area (Å²) in [5.74, 6) is -1.76. The largest absolute Gasteiger partial charge is 0.390 e. The number of fused-ring (bicyclic) bond motifs is 1. The van der Waals surface area contributed by atoms with Gasteiger partial charge in [0.2, 0.25) is 0 Å². The number of nitrogens with one attached hydrogen (secondary N) is 1. The second-order valence-corrected chi connectivity index (χ2v) is 11.0. The quantitative estimate of drug-likeness (QED) is 0.325. The van der Waals surface area contributed by atoms with Gasteiger partial charge in [0.05, 0.1) is 24.1 Å². The number of ether oxygens (including phenoxy) is 2. The van der Waals surface area contributed by atoms with Crippen LogP contribution in [0, 0.1) is 11.6 Å². The van der Waals surface area contributed by atoms with Crippen molar-refractivity contribution >= 4 is 39.0 Å². The van der Waals surface area contributed by atoms with E-state index in [0.29, 0.717) is 48.7 Å². The number of nitrogens with zero attached hydrogens (tertiary/aromatic N) is 3. The van der Waals surface area contributed by atoms with E-state index in [2.05, 4.69) is 10.3 Å². The zero-order valence-corrected chi connectivity index (χ0v) is 22.8. The molecule has 5 heterocycles. The molecule has 0 saturated carbocycles. The van der Waals surface area contributed by atoms with Gasteiger partial charge in [-0.15, -0.1) is 11.3 Å². The second-order valence-electron chi connectivity index (χ2n) is 9.99. The van der Waals surface area contributed by atoms with Crippen LogP contribution in [0.1, 0.15) is 41.0 Å². The molecule has 9 nitrogen and oxygen atoms in total. The molecule has 3 aromatic heterocycles. The van der Waals surface area contributed by atoms with Gasteiger partial charge in [-0.3, -0.25) is 14.2 Å². The van der Waals surface area contributed by atoms with Crippen LogP contribution in [0.3, 0.4) is 0 Å². The van der Waals surface area contributed by atoms with Crippen molar-refractivity contribution in [3.63, 3.8) is 0 Å². The minimum Gasteiger partial charge on any atom is -0.390 e. The van der Waals surface area contributed by atoms with Crippen LogP contribution in [0.5, 0.6) is 0 Å². The number of carbonyl (C=O) groups excluding carboxylic acids is 1. The monoisotopic (exact) mass is 582 g/mol. The summed E-state index contributed by atoms with van der Waals surface area (Å²) < 4.78 is 42.5. The third-order valence-corrected chi connectivity index (χ3v) is 8.41. The van der Waals surface area contributed by atoms with Crippen molar-refractivity contribution < 1.29 is 28.2 Å². The summed E-state index contributed by atoms with van der Waals surface area (Å²) in [7, 11) is 0. The van der Waals surface area contributed by atoms with Gasteiger partial charge in [0, 0.05) is 31.1 Å². The lowest BCUT2D eigenvalue weighted by Crippen LogP contribution is -2.32. The number of benzene rings is 1. The van der Waals surface area contributed by atoms with Gasteiger partial charge in [0.25, 0.3) is 11.5 Å². The number of halogens is 2. The normalized spacial score (nSPS) is 19.1. The Morgan fingerprint density at radius 3 is 2.68 bits per heavy atom. The van der Waals surface area contributed by atoms with E-state index in [4.69, 9.17) is 9.47 Å². The highest BCUT2D eigenvalue weighted by Gasteiger charge is 2.33. The molecule has 0 spiro atoms. The molecule has 2 aliphatic heterocycles. The van der Waals surface area contributed by atoms with E-state index in [1.54, 1.807) is 23.1 Å². The Balaban J connectivity index is 1.42. The number of likely N-dealkylation sites (tertiary alicyclic amines) is 1. The van der Waals surface area contributed by atoms with Gasteiger partial charge in [-0.05, 0) is 56.0 Å². The van der Waals surface area contributed by atoms with E-state index in [9.17, 15) is 23.5 Å². The number of aromatic nitrogens is 2. The van der Waals surface area contributed by atoms with Gasteiger partial charge in [-0.2, -0.15) is 0 Å². The molecule has 2 N–H and O–H groups in total. The lowest BCUT2D eigenvalue weighted by molar-refractivity contribution is -0.184. The van der Waals surface area contributed by atoms with Gasteiger partial charge in [-0.25, -0.2) is 13.8 Å². The molecule has 1 aromatic carbocycles. The Bertz CT molecular complexity index is 1630. The summed E-state index contributed by atoms with van der Waals surface area (Å²) in [6, 6.07) is 11.1. The summed E-state index contributed by atoms with van der Waals surface area (Å²) in [6.45, 7) is 1.20. The second kappa shape index (κ2) is 11.6. The first-order valence-corrected chi connectivity index (χ1v) is 14.3. The maximum absolute atomic E-state index is 14.9. The number of thiophene rings is 1. The molecule has 2 aliphatic rings. The van der Waals surface area contributed by atoms with Crippen molar-refractivity contribution in [2.75, 3.05) is 25.0 Å². The fourth-order valence-corrected chi connectivity index (χ4v) is 6.46. The lowest BCUT2D eigenvalue weighted by atomic mass is 10.2. The van der Waals surface area contributed by atoms with Crippen molar-refractivity contribution in [2.24, 2.45) is 0 Å². The standard InChI is InChI=1S/C29H28F2N4O5S/c30-20-6-4-7-21(31)26(20)35-23(37)11-10-19-25(33-22-8-3-5-17(16-36)32-22)27(41-29(19)35)28(38)34-13-12-18(15-34)40-24-9-1-2-14-39-24/h3-8,10-11,18,24,36H,1-2,9,12-16H2,(H,32,33)/t18-,24?/m1/s1. The highest BCUT2D eigenvalue weighted by molar-refractivity contribution is 7.21. The van der Waals surface area contributed by atoms with Crippen molar-refractivity contribution in [3.8, 4) is 5.69 Å². The third kappa shape index (κ3) is 5.47. The number of para-hydroxylation sites is 1. The first kappa shape index (κ1) is 27.5. The summed E-state index contributed by atoms with van der Waals surface area (Å²) in [5, 5.41) is 13.1. The zero-order chi connectivity index (χ0) is 28.5. The Hall–Kier alpha value is -3.71. The summed E-state index contributed by atoms with van der Waals surface area (Å²) >= 11 is 0.971. The summed E-state index contributed by atoms with van der Waals surface area (Å²) in [6.07, 6.45) is 3.05. The SMILES string of the molecule is O=C(c1sc2c(ccc(=O)n2-c2c(F)cccc2F)c1Nc1cccc(CO)n1)N1CC[C@@H](OC2CCCCO2)C1. The van der Waals surface area contributed by atoms with Crippen LogP contribution in [0.4, 0.5) is 20.3 Å². The molecule has 2 saturated heterocycles. The molecule has 41 heavy (non-hydrogen) atoms. The van der Waals surface area contributed by atoms with E-state index in [-0.39, 0.29) is 34.6 Å². The van der Waals surface area contributed by atoms with Crippen LogP contribution < -0.4 is 10.9 Å². The molecule has 2 fully saturated rings. The van der Waals surface area contributed by atoms with Gasteiger partial charge in [0.15, 0.2) is 6.29 Å². The number of amides is 1. The Labute approximate surface area is 238 Å². The van der Waals surface area contributed by atoms with Crippen molar-refractivity contribution in [2.45, 2.75) is 44.7 Å². The first-order valence-electron chi connectivity index (χ1n) is 13.5. The van der Waals surface area contributed by atoms with Crippen molar-refractivity contribution in [3.05, 3.63) is 81.1 Å². The van der Waals surface area contributed by atoms with Gasteiger partial charge in [0.1, 0.15) is 32.8 Å². The maximum atomic E-state index is 14.9. The van der Waals surface area contributed by atoms with Gasteiger partial charge in [-0.1, -0.05) is 12.1 Å². The molecule has 6 rings (SSSR count). The Morgan fingerprint density at radius 2 is 1.93 bits per heavy atom. The Kier molecular flexibility index (Phi) is 7.80. The van der Waals surface area contributed by atoms with Crippen LogP contribution in [0.15, 0.2) is 53.3 Å². The number of carbonyl (C=O) groups is 1. The number of rotatable bonds is 7. The fraction of sp³-hybridized carbons (Fsp3) is 0.345. The molecule has 1 amide bonds. The van der Waals surface area contributed by atoms with Crippen molar-refractivity contribution in [1.82, 2.24) is 14.5 Å². The minimum atomic E-state index is -0.905. The van der Waals surface area contributed by atoms with Crippen LogP contribution in [0.25, 0.3) is 15.9 Å². The van der Waals surface area contributed by atoms with E-state index in [0.717, 1.165) is 47.3 Å². The predicted octanol–water partition coefficient (Wildman–Crippen LogP) is 4.72. The van der Waals surface area contributed by atoms with Crippen LogP contribution >= 0.6 is 11.3 Å². The van der Waals surface area contributed by atoms with E-state index in [1.165, 1.54) is 18.2 Å². The molecule has 4 aromatic rings. The maximum Gasteiger partial charge on any atom is 0.266 e. The van der Waals surface area contributed by atoms with Crippen molar-refractivity contribution in [1.29, 1.82) is 0 Å². The van der Waals surface area contributed by atoms with Gasteiger partial charge < -0.3 is 24.8 Å². The highest BCUT2D eigenvalue weighted by Crippen LogP contribution is 2.39. The number of hydrogen-bond acceptors (Lipinski definition) is 8. The molecule has 12 heteroatoms. The smallest absolute Gasteiger partial charge is 0.266 e. The topological polar surface area (TPSA) is 106 Å². The molecule has 1 unspecified atom stereocenters. The number of aliphatic hydroxyl groups excluding tert-OH is 1.